The van der Waals surface area contributed by atoms with Crippen molar-refractivity contribution >= 4 is 23.1 Å². The summed E-state index contributed by atoms with van der Waals surface area (Å²) in [5, 5.41) is 11.5. The lowest BCUT2D eigenvalue weighted by Crippen LogP contribution is -2.29. The quantitative estimate of drug-likeness (QED) is 0.281. The van der Waals surface area contributed by atoms with E-state index in [-0.39, 0.29) is 17.9 Å². The van der Waals surface area contributed by atoms with E-state index in [1.807, 2.05) is 55.3 Å². The SMILES string of the molecule is CCOc1ccc(CN2C(=O)C(=O)/C(=C(\O)c3ccc4c(c3)N(C)CCO4)C2c2ccc(OC)cc2)cc1. The van der Waals surface area contributed by atoms with Gasteiger partial charge in [0.25, 0.3) is 11.7 Å². The van der Waals surface area contributed by atoms with Crippen LogP contribution in [0.25, 0.3) is 5.76 Å². The van der Waals surface area contributed by atoms with Gasteiger partial charge in [0.1, 0.15) is 29.6 Å². The molecule has 8 nitrogen and oxygen atoms in total. The van der Waals surface area contributed by atoms with Gasteiger partial charge in [-0.05, 0) is 60.5 Å². The highest BCUT2D eigenvalue weighted by atomic mass is 16.5. The van der Waals surface area contributed by atoms with Gasteiger partial charge in [-0.15, -0.1) is 0 Å². The molecule has 1 fully saturated rings. The average molecular weight is 515 g/mol. The lowest BCUT2D eigenvalue weighted by molar-refractivity contribution is -0.140. The monoisotopic (exact) mass is 514 g/mol. The highest BCUT2D eigenvalue weighted by molar-refractivity contribution is 6.46. The number of hydrogen-bond donors (Lipinski definition) is 1. The number of benzene rings is 3. The first-order chi connectivity index (χ1) is 18.4. The standard InChI is InChI=1S/C30H30N2O6/c1-4-37-23-10-5-19(6-11-23)18-32-27(20-7-12-22(36-3)13-8-20)26(29(34)30(32)35)28(33)21-9-14-25-24(17-21)31(2)15-16-38-25/h5-14,17,27,33H,4,15-16,18H2,1-3H3/b28-26-. The molecule has 0 radical (unpaired) electrons. The summed E-state index contributed by atoms with van der Waals surface area (Å²) in [5.41, 5.74) is 2.83. The first-order valence-corrected chi connectivity index (χ1v) is 12.5. The minimum absolute atomic E-state index is 0.0467. The van der Waals surface area contributed by atoms with Crippen LogP contribution >= 0.6 is 0 Å². The van der Waals surface area contributed by atoms with Crippen molar-refractivity contribution < 1.29 is 28.9 Å². The zero-order chi connectivity index (χ0) is 26.8. The molecule has 0 aromatic heterocycles. The van der Waals surface area contributed by atoms with Crippen molar-refractivity contribution in [1.29, 1.82) is 0 Å². The third-order valence-electron chi connectivity index (χ3n) is 6.89. The van der Waals surface area contributed by atoms with Gasteiger partial charge in [0.15, 0.2) is 0 Å². The number of likely N-dealkylation sites (tertiary alicyclic amines) is 1. The molecule has 1 unspecified atom stereocenters. The molecule has 0 aliphatic carbocycles. The van der Waals surface area contributed by atoms with Gasteiger partial charge >= 0.3 is 0 Å². The number of hydrogen-bond acceptors (Lipinski definition) is 7. The molecule has 1 saturated heterocycles. The summed E-state index contributed by atoms with van der Waals surface area (Å²) in [4.78, 5) is 30.3. The summed E-state index contributed by atoms with van der Waals surface area (Å²) < 4.78 is 16.5. The van der Waals surface area contributed by atoms with Crippen LogP contribution in [0.4, 0.5) is 5.69 Å². The Labute approximate surface area is 221 Å². The molecule has 3 aromatic rings. The number of nitrogens with zero attached hydrogens (tertiary/aromatic N) is 2. The van der Waals surface area contributed by atoms with E-state index >= 15 is 0 Å². The molecule has 1 atom stereocenters. The summed E-state index contributed by atoms with van der Waals surface area (Å²) in [6.45, 7) is 3.93. The Morgan fingerprint density at radius 2 is 1.74 bits per heavy atom. The fourth-order valence-electron chi connectivity index (χ4n) is 4.88. The number of ether oxygens (including phenoxy) is 3. The molecule has 8 heteroatoms. The Morgan fingerprint density at radius 1 is 1.03 bits per heavy atom. The van der Waals surface area contributed by atoms with Gasteiger partial charge in [0, 0.05) is 19.2 Å². The molecule has 5 rings (SSSR count). The van der Waals surface area contributed by atoms with Crippen molar-refractivity contribution in [3.05, 3.63) is 89.0 Å². The molecule has 38 heavy (non-hydrogen) atoms. The molecular formula is C30H30N2O6. The van der Waals surface area contributed by atoms with Crippen LogP contribution in [-0.2, 0) is 16.1 Å². The van der Waals surface area contributed by atoms with E-state index in [0.717, 1.165) is 17.0 Å². The maximum atomic E-state index is 13.4. The Bertz CT molecular complexity index is 1380. The van der Waals surface area contributed by atoms with E-state index < -0.39 is 17.7 Å². The zero-order valence-electron chi connectivity index (χ0n) is 21.6. The number of fused-ring (bicyclic) bond motifs is 1. The molecule has 2 aliphatic rings. The Kier molecular flexibility index (Phi) is 6.96. The number of carbonyl (C=O) groups is 2. The van der Waals surface area contributed by atoms with Gasteiger partial charge in [0.05, 0.1) is 37.6 Å². The van der Waals surface area contributed by atoms with Crippen LogP contribution in [0.1, 0.15) is 29.7 Å². The Hall–Kier alpha value is -4.46. The molecule has 1 amide bonds. The molecule has 2 heterocycles. The number of ketones is 1. The van der Waals surface area contributed by atoms with Crippen LogP contribution in [0.5, 0.6) is 17.2 Å². The van der Waals surface area contributed by atoms with E-state index in [4.69, 9.17) is 14.2 Å². The highest BCUT2D eigenvalue weighted by Gasteiger charge is 2.46. The lowest BCUT2D eigenvalue weighted by Gasteiger charge is -2.28. The van der Waals surface area contributed by atoms with Crippen LogP contribution < -0.4 is 19.1 Å². The largest absolute Gasteiger partial charge is 0.507 e. The number of aliphatic hydroxyl groups is 1. The first-order valence-electron chi connectivity index (χ1n) is 12.5. The van der Waals surface area contributed by atoms with E-state index in [2.05, 4.69) is 0 Å². The normalized spacial score (nSPS) is 18.2. The number of rotatable bonds is 7. The minimum Gasteiger partial charge on any atom is -0.507 e. The minimum atomic E-state index is -0.780. The number of likely N-dealkylation sites (N-methyl/N-ethyl adjacent to an activating group) is 1. The van der Waals surface area contributed by atoms with Gasteiger partial charge in [-0.25, -0.2) is 0 Å². The van der Waals surface area contributed by atoms with Crippen molar-refractivity contribution in [2.45, 2.75) is 19.5 Å². The van der Waals surface area contributed by atoms with Gasteiger partial charge in [-0.1, -0.05) is 24.3 Å². The van der Waals surface area contributed by atoms with Crippen LogP contribution in [0.2, 0.25) is 0 Å². The number of amides is 1. The predicted octanol–water partition coefficient (Wildman–Crippen LogP) is 4.54. The van der Waals surface area contributed by atoms with Gasteiger partial charge in [-0.3, -0.25) is 9.59 Å². The van der Waals surface area contributed by atoms with Crippen LogP contribution in [0.15, 0.2) is 72.3 Å². The molecule has 2 aliphatic heterocycles. The molecule has 0 bridgehead atoms. The summed E-state index contributed by atoms with van der Waals surface area (Å²) in [5.74, 6) is 0.468. The molecule has 3 aromatic carbocycles. The smallest absolute Gasteiger partial charge is 0.295 e. The van der Waals surface area contributed by atoms with Crippen molar-refractivity contribution in [1.82, 2.24) is 4.90 Å². The number of anilines is 1. The molecule has 196 valence electrons. The maximum Gasteiger partial charge on any atom is 0.295 e. The Balaban J connectivity index is 1.58. The average Bonchev–Trinajstić information content (AvgIpc) is 3.19. The predicted molar refractivity (Wildman–Crippen MR) is 144 cm³/mol. The van der Waals surface area contributed by atoms with E-state index in [1.165, 1.54) is 4.90 Å². The summed E-state index contributed by atoms with van der Waals surface area (Å²) in [6.07, 6.45) is 0. The molecule has 0 saturated carbocycles. The number of Topliss-reactive ketones (excluding diaryl/α,β-unsaturated/α-hetero) is 1. The zero-order valence-corrected chi connectivity index (χ0v) is 21.6. The van der Waals surface area contributed by atoms with Crippen molar-refractivity contribution in [3.8, 4) is 17.2 Å². The maximum absolute atomic E-state index is 13.4. The van der Waals surface area contributed by atoms with E-state index in [1.54, 1.807) is 37.4 Å². The summed E-state index contributed by atoms with van der Waals surface area (Å²) in [6, 6.07) is 19.1. The second-order valence-electron chi connectivity index (χ2n) is 9.23. The Morgan fingerprint density at radius 3 is 2.42 bits per heavy atom. The van der Waals surface area contributed by atoms with E-state index in [0.29, 0.717) is 42.4 Å². The van der Waals surface area contributed by atoms with E-state index in [9.17, 15) is 14.7 Å². The van der Waals surface area contributed by atoms with Crippen LogP contribution in [0.3, 0.4) is 0 Å². The number of carbonyl (C=O) groups excluding carboxylic acids is 2. The highest BCUT2D eigenvalue weighted by Crippen LogP contribution is 2.42. The van der Waals surface area contributed by atoms with Gasteiger partial charge < -0.3 is 29.1 Å². The fourth-order valence-corrected chi connectivity index (χ4v) is 4.88. The van der Waals surface area contributed by atoms with Crippen LogP contribution in [-0.4, -0.2) is 55.6 Å². The topological polar surface area (TPSA) is 88.5 Å². The molecule has 0 spiro atoms. The third kappa shape index (κ3) is 4.65. The van der Waals surface area contributed by atoms with Gasteiger partial charge in [0.2, 0.25) is 0 Å². The number of methoxy groups -OCH3 is 1. The van der Waals surface area contributed by atoms with Crippen molar-refractivity contribution in [2.75, 3.05) is 38.8 Å². The molecular weight excluding hydrogens is 484 g/mol. The van der Waals surface area contributed by atoms with Crippen molar-refractivity contribution in [2.24, 2.45) is 0 Å². The van der Waals surface area contributed by atoms with Crippen LogP contribution in [0, 0.1) is 0 Å². The van der Waals surface area contributed by atoms with Gasteiger partial charge in [-0.2, -0.15) is 0 Å². The lowest BCUT2D eigenvalue weighted by atomic mass is 9.94. The first kappa shape index (κ1) is 25.2. The summed E-state index contributed by atoms with van der Waals surface area (Å²) >= 11 is 0. The fraction of sp³-hybridized carbons (Fsp3) is 0.267. The second kappa shape index (κ2) is 10.5. The third-order valence-corrected chi connectivity index (χ3v) is 6.89. The summed E-state index contributed by atoms with van der Waals surface area (Å²) in [7, 11) is 3.52. The van der Waals surface area contributed by atoms with Crippen molar-refractivity contribution in [3.63, 3.8) is 0 Å². The molecule has 1 N–H and O–H groups in total. The second-order valence-corrected chi connectivity index (χ2v) is 9.23. The number of aliphatic hydroxyl groups excluding tert-OH is 1.